The molecule has 0 aromatic heterocycles. The van der Waals surface area contributed by atoms with Crippen molar-refractivity contribution < 1.29 is 14.3 Å². The molecule has 4 heteroatoms. The summed E-state index contributed by atoms with van der Waals surface area (Å²) >= 11 is 3.44. The van der Waals surface area contributed by atoms with E-state index in [1.54, 1.807) is 0 Å². The maximum atomic E-state index is 12.0. The fraction of sp³-hybridized carbons (Fsp3) is 0.350. The van der Waals surface area contributed by atoms with Crippen LogP contribution in [0.4, 0.5) is 0 Å². The van der Waals surface area contributed by atoms with Crippen LogP contribution in [0.3, 0.4) is 0 Å². The molecule has 0 aliphatic rings. The van der Waals surface area contributed by atoms with Crippen molar-refractivity contribution in [3.05, 3.63) is 57.6 Å². The Bertz CT molecular complexity index is 705. The number of benzene rings is 2. The second-order valence-electron chi connectivity index (χ2n) is 6.91. The molecule has 0 heterocycles. The van der Waals surface area contributed by atoms with Gasteiger partial charge in [-0.25, -0.2) is 4.79 Å². The van der Waals surface area contributed by atoms with Crippen LogP contribution < -0.4 is 9.47 Å². The van der Waals surface area contributed by atoms with Gasteiger partial charge >= 0.3 is 5.97 Å². The van der Waals surface area contributed by atoms with Gasteiger partial charge in [0.15, 0.2) is 6.61 Å². The normalized spacial score (nSPS) is 11.2. The molecule has 0 spiro atoms. The number of hydrogen-bond donors (Lipinski definition) is 0. The first-order valence-electron chi connectivity index (χ1n) is 7.87. The van der Waals surface area contributed by atoms with E-state index >= 15 is 0 Å². The van der Waals surface area contributed by atoms with Gasteiger partial charge in [-0.3, -0.25) is 0 Å². The highest BCUT2D eigenvalue weighted by Crippen LogP contribution is 2.27. The number of aryl methyl sites for hydroxylation is 2. The maximum absolute atomic E-state index is 12.0. The Morgan fingerprint density at radius 1 is 1.04 bits per heavy atom. The fourth-order valence-electron chi connectivity index (χ4n) is 2.44. The lowest BCUT2D eigenvalue weighted by atomic mass is 9.87. The van der Waals surface area contributed by atoms with Crippen molar-refractivity contribution in [1.29, 1.82) is 0 Å². The number of esters is 1. The first kappa shape index (κ1) is 18.5. The van der Waals surface area contributed by atoms with Gasteiger partial charge in [0.1, 0.15) is 11.5 Å². The Kier molecular flexibility index (Phi) is 5.70. The van der Waals surface area contributed by atoms with E-state index < -0.39 is 5.97 Å². The summed E-state index contributed by atoms with van der Waals surface area (Å²) in [4.78, 5) is 12.0. The summed E-state index contributed by atoms with van der Waals surface area (Å²) in [5.41, 5.74) is 3.22. The van der Waals surface area contributed by atoms with Crippen molar-refractivity contribution >= 4 is 21.9 Å². The minimum atomic E-state index is -0.416. The Morgan fingerprint density at radius 2 is 1.58 bits per heavy atom. The average Bonchev–Trinajstić information content (AvgIpc) is 2.45. The third-order valence-electron chi connectivity index (χ3n) is 3.71. The average molecular weight is 391 g/mol. The summed E-state index contributed by atoms with van der Waals surface area (Å²) in [6.45, 7) is 10.2. The molecule has 0 aliphatic carbocycles. The SMILES string of the molecule is Cc1cc(Br)cc(C)c1OCC(=O)Oc1ccc(C(C)(C)C)cc1. The highest BCUT2D eigenvalue weighted by atomic mass is 79.9. The van der Waals surface area contributed by atoms with E-state index in [1.807, 2.05) is 50.2 Å². The summed E-state index contributed by atoms with van der Waals surface area (Å²) in [7, 11) is 0. The summed E-state index contributed by atoms with van der Waals surface area (Å²) in [5.74, 6) is 0.833. The first-order chi connectivity index (χ1) is 11.2. The van der Waals surface area contributed by atoms with Gasteiger partial charge in [-0.05, 0) is 60.2 Å². The number of hydrogen-bond acceptors (Lipinski definition) is 3. The van der Waals surface area contributed by atoms with Crippen LogP contribution in [0, 0.1) is 13.8 Å². The highest BCUT2D eigenvalue weighted by molar-refractivity contribution is 9.10. The molecule has 0 aliphatic heterocycles. The molecule has 2 rings (SSSR count). The lowest BCUT2D eigenvalue weighted by Gasteiger charge is -2.19. The smallest absolute Gasteiger partial charge is 0.349 e. The Morgan fingerprint density at radius 3 is 2.08 bits per heavy atom. The van der Waals surface area contributed by atoms with E-state index in [4.69, 9.17) is 9.47 Å². The molecule has 2 aromatic carbocycles. The molecule has 0 saturated heterocycles. The molecular formula is C20H23BrO3. The molecule has 0 unspecified atom stereocenters. The quantitative estimate of drug-likeness (QED) is 0.521. The predicted molar refractivity (Wildman–Crippen MR) is 99.9 cm³/mol. The molecule has 128 valence electrons. The molecule has 0 bridgehead atoms. The Hall–Kier alpha value is -1.81. The number of carbonyl (C=O) groups excluding carboxylic acids is 1. The van der Waals surface area contributed by atoms with Gasteiger partial charge < -0.3 is 9.47 Å². The topological polar surface area (TPSA) is 35.5 Å². The summed E-state index contributed by atoms with van der Waals surface area (Å²) in [5, 5.41) is 0. The predicted octanol–water partition coefficient (Wildman–Crippen LogP) is 5.35. The lowest BCUT2D eigenvalue weighted by Crippen LogP contribution is -2.18. The van der Waals surface area contributed by atoms with E-state index in [0.717, 1.165) is 21.3 Å². The molecule has 0 N–H and O–H groups in total. The molecular weight excluding hydrogens is 368 g/mol. The second kappa shape index (κ2) is 7.39. The number of rotatable bonds is 4. The molecule has 3 nitrogen and oxygen atoms in total. The zero-order chi connectivity index (χ0) is 17.9. The van der Waals surface area contributed by atoms with Crippen LogP contribution >= 0.6 is 15.9 Å². The Labute approximate surface area is 152 Å². The van der Waals surface area contributed by atoms with Gasteiger partial charge in [0.25, 0.3) is 0 Å². The number of carbonyl (C=O) groups is 1. The van der Waals surface area contributed by atoms with E-state index in [1.165, 1.54) is 5.56 Å². The van der Waals surface area contributed by atoms with Crippen LogP contribution in [-0.4, -0.2) is 12.6 Å². The fourth-order valence-corrected chi connectivity index (χ4v) is 3.13. The molecule has 24 heavy (non-hydrogen) atoms. The number of ether oxygens (including phenoxy) is 2. The van der Waals surface area contributed by atoms with Crippen molar-refractivity contribution in [2.45, 2.75) is 40.0 Å². The van der Waals surface area contributed by atoms with Gasteiger partial charge in [0.05, 0.1) is 0 Å². The monoisotopic (exact) mass is 390 g/mol. The zero-order valence-electron chi connectivity index (χ0n) is 14.8. The third kappa shape index (κ3) is 4.84. The van der Waals surface area contributed by atoms with Gasteiger partial charge in [0, 0.05) is 4.47 Å². The van der Waals surface area contributed by atoms with Gasteiger partial charge in [-0.2, -0.15) is 0 Å². The van der Waals surface area contributed by atoms with Crippen LogP contribution in [0.15, 0.2) is 40.9 Å². The number of halogens is 1. The van der Waals surface area contributed by atoms with Crippen molar-refractivity contribution in [3.63, 3.8) is 0 Å². The zero-order valence-corrected chi connectivity index (χ0v) is 16.4. The van der Waals surface area contributed by atoms with Crippen molar-refractivity contribution in [2.75, 3.05) is 6.61 Å². The summed E-state index contributed by atoms with van der Waals surface area (Å²) < 4.78 is 12.0. The van der Waals surface area contributed by atoms with E-state index in [9.17, 15) is 4.79 Å². The van der Waals surface area contributed by atoms with E-state index in [0.29, 0.717) is 5.75 Å². The standard InChI is InChI=1S/C20H23BrO3/c1-13-10-16(21)11-14(2)19(13)23-12-18(22)24-17-8-6-15(7-9-17)20(3,4)5/h6-11H,12H2,1-5H3. The van der Waals surface area contributed by atoms with Crippen LogP contribution in [0.1, 0.15) is 37.5 Å². The molecule has 0 atom stereocenters. The third-order valence-corrected chi connectivity index (χ3v) is 4.17. The second-order valence-corrected chi connectivity index (χ2v) is 7.82. The molecule has 0 amide bonds. The van der Waals surface area contributed by atoms with Crippen LogP contribution in [0.5, 0.6) is 11.5 Å². The van der Waals surface area contributed by atoms with Crippen LogP contribution in [-0.2, 0) is 10.2 Å². The minimum absolute atomic E-state index is 0.0717. The van der Waals surface area contributed by atoms with Crippen molar-refractivity contribution in [1.82, 2.24) is 0 Å². The highest BCUT2D eigenvalue weighted by Gasteiger charge is 2.14. The van der Waals surface area contributed by atoms with Crippen LogP contribution in [0.25, 0.3) is 0 Å². The summed E-state index contributed by atoms with van der Waals surface area (Å²) in [6, 6.07) is 11.5. The van der Waals surface area contributed by atoms with E-state index in [2.05, 4.69) is 36.7 Å². The van der Waals surface area contributed by atoms with Gasteiger partial charge in [-0.15, -0.1) is 0 Å². The molecule has 2 aromatic rings. The Balaban J connectivity index is 1.97. The lowest BCUT2D eigenvalue weighted by molar-refractivity contribution is -0.136. The first-order valence-corrected chi connectivity index (χ1v) is 8.67. The van der Waals surface area contributed by atoms with Gasteiger partial charge in [0.2, 0.25) is 0 Å². The maximum Gasteiger partial charge on any atom is 0.349 e. The minimum Gasteiger partial charge on any atom is -0.481 e. The van der Waals surface area contributed by atoms with E-state index in [-0.39, 0.29) is 12.0 Å². The molecule has 0 saturated carbocycles. The molecule has 0 fully saturated rings. The van der Waals surface area contributed by atoms with Crippen LogP contribution in [0.2, 0.25) is 0 Å². The summed E-state index contributed by atoms with van der Waals surface area (Å²) in [6.07, 6.45) is 0. The van der Waals surface area contributed by atoms with Crippen molar-refractivity contribution in [2.24, 2.45) is 0 Å². The largest absolute Gasteiger partial charge is 0.481 e. The molecule has 0 radical (unpaired) electrons. The van der Waals surface area contributed by atoms with Gasteiger partial charge in [-0.1, -0.05) is 48.8 Å². The van der Waals surface area contributed by atoms with Crippen molar-refractivity contribution in [3.8, 4) is 11.5 Å².